The molecule has 0 radical (unpaired) electrons. The maximum absolute atomic E-state index is 12.0. The van der Waals surface area contributed by atoms with E-state index in [0.717, 1.165) is 19.4 Å². The quantitative estimate of drug-likeness (QED) is 0.750. The van der Waals surface area contributed by atoms with Gasteiger partial charge in [0.15, 0.2) is 0 Å². The van der Waals surface area contributed by atoms with Crippen molar-refractivity contribution in [2.24, 2.45) is 11.3 Å². The minimum absolute atomic E-state index is 0.0427. The van der Waals surface area contributed by atoms with Gasteiger partial charge in [0.25, 0.3) is 0 Å². The number of piperidine rings is 1. The minimum Gasteiger partial charge on any atom is -0.383 e. The van der Waals surface area contributed by atoms with Gasteiger partial charge < -0.3 is 20.3 Å². The number of carbonyl (C=O) groups excluding carboxylic acids is 2. The fourth-order valence-electron chi connectivity index (χ4n) is 2.29. The van der Waals surface area contributed by atoms with E-state index in [1.807, 2.05) is 25.7 Å². The zero-order chi connectivity index (χ0) is 15.9. The van der Waals surface area contributed by atoms with Crippen molar-refractivity contribution in [3.05, 3.63) is 0 Å². The topological polar surface area (TPSA) is 70.7 Å². The van der Waals surface area contributed by atoms with Crippen molar-refractivity contribution in [3.63, 3.8) is 0 Å². The average Bonchev–Trinajstić information content (AvgIpc) is 2.44. The molecule has 0 aliphatic carbocycles. The van der Waals surface area contributed by atoms with Crippen molar-refractivity contribution >= 4 is 11.9 Å². The van der Waals surface area contributed by atoms with Crippen molar-refractivity contribution in [1.29, 1.82) is 0 Å². The van der Waals surface area contributed by atoms with E-state index in [1.165, 1.54) is 0 Å². The predicted octanol–water partition coefficient (Wildman–Crippen LogP) is 1.22. The van der Waals surface area contributed by atoms with E-state index in [0.29, 0.717) is 32.2 Å². The zero-order valence-corrected chi connectivity index (χ0v) is 13.7. The summed E-state index contributed by atoms with van der Waals surface area (Å²) in [6.45, 7) is 8.86. The zero-order valence-electron chi connectivity index (χ0n) is 13.7. The summed E-state index contributed by atoms with van der Waals surface area (Å²) >= 11 is 0. The van der Waals surface area contributed by atoms with E-state index in [-0.39, 0.29) is 17.4 Å². The third kappa shape index (κ3) is 6.33. The number of amides is 3. The SMILES string of the molecule is COCCNC(=O)N1CCC[C@@H](CNC(=O)C(C)(C)C)C1. The lowest BCUT2D eigenvalue weighted by Crippen LogP contribution is -2.48. The first kappa shape index (κ1) is 17.8. The summed E-state index contributed by atoms with van der Waals surface area (Å²) in [7, 11) is 1.61. The molecule has 1 rings (SSSR count). The van der Waals surface area contributed by atoms with Crippen LogP contribution in [-0.2, 0) is 9.53 Å². The molecule has 6 heteroatoms. The number of nitrogens with zero attached hydrogens (tertiary/aromatic N) is 1. The van der Waals surface area contributed by atoms with Gasteiger partial charge >= 0.3 is 6.03 Å². The van der Waals surface area contributed by atoms with Crippen LogP contribution in [0.5, 0.6) is 0 Å². The fraction of sp³-hybridized carbons (Fsp3) is 0.867. The highest BCUT2D eigenvalue weighted by Gasteiger charge is 2.26. The number of methoxy groups -OCH3 is 1. The van der Waals surface area contributed by atoms with Crippen molar-refractivity contribution in [3.8, 4) is 0 Å². The Hall–Kier alpha value is -1.30. The lowest BCUT2D eigenvalue weighted by molar-refractivity contribution is -0.128. The summed E-state index contributed by atoms with van der Waals surface area (Å²) in [4.78, 5) is 25.7. The molecule has 1 atom stereocenters. The number of hydrogen-bond donors (Lipinski definition) is 2. The Labute approximate surface area is 127 Å². The molecule has 1 aliphatic rings. The van der Waals surface area contributed by atoms with Gasteiger partial charge in [0.2, 0.25) is 5.91 Å². The number of likely N-dealkylation sites (tertiary alicyclic amines) is 1. The number of ether oxygens (including phenoxy) is 1. The maximum Gasteiger partial charge on any atom is 0.317 e. The molecular formula is C15H29N3O3. The van der Waals surface area contributed by atoms with Gasteiger partial charge in [-0.25, -0.2) is 4.79 Å². The van der Waals surface area contributed by atoms with E-state index in [1.54, 1.807) is 7.11 Å². The first-order chi connectivity index (χ1) is 9.84. The number of nitrogens with one attached hydrogen (secondary N) is 2. The van der Waals surface area contributed by atoms with E-state index in [9.17, 15) is 9.59 Å². The highest BCUT2D eigenvalue weighted by atomic mass is 16.5. The third-order valence-corrected chi connectivity index (χ3v) is 3.62. The molecule has 1 aliphatic heterocycles. The Morgan fingerprint density at radius 2 is 2.00 bits per heavy atom. The molecule has 0 aromatic carbocycles. The predicted molar refractivity (Wildman–Crippen MR) is 82.0 cm³/mol. The van der Waals surface area contributed by atoms with Gasteiger partial charge in [0, 0.05) is 38.7 Å². The van der Waals surface area contributed by atoms with Crippen LogP contribution in [0.2, 0.25) is 0 Å². The van der Waals surface area contributed by atoms with Gasteiger partial charge in [-0.2, -0.15) is 0 Å². The van der Waals surface area contributed by atoms with Gasteiger partial charge in [-0.05, 0) is 18.8 Å². The van der Waals surface area contributed by atoms with Gasteiger partial charge in [-0.3, -0.25) is 4.79 Å². The summed E-state index contributed by atoms with van der Waals surface area (Å²) in [5.41, 5.74) is -0.369. The van der Waals surface area contributed by atoms with Crippen LogP contribution < -0.4 is 10.6 Å². The van der Waals surface area contributed by atoms with E-state index in [4.69, 9.17) is 4.74 Å². The molecule has 3 amide bonds. The second-order valence-electron chi connectivity index (χ2n) is 6.64. The van der Waals surface area contributed by atoms with E-state index >= 15 is 0 Å². The first-order valence-corrected chi connectivity index (χ1v) is 7.64. The average molecular weight is 299 g/mol. The molecule has 1 fully saturated rings. The van der Waals surface area contributed by atoms with Crippen LogP contribution in [0, 0.1) is 11.3 Å². The first-order valence-electron chi connectivity index (χ1n) is 7.64. The highest BCUT2D eigenvalue weighted by Crippen LogP contribution is 2.17. The molecule has 21 heavy (non-hydrogen) atoms. The molecule has 2 N–H and O–H groups in total. The standard InChI is InChI=1S/C15H29N3O3/c1-15(2,3)13(19)17-10-12-6-5-8-18(11-12)14(20)16-7-9-21-4/h12H,5-11H2,1-4H3,(H,16,20)(H,17,19)/t12-/m0/s1. The van der Waals surface area contributed by atoms with Crippen molar-refractivity contribution in [2.75, 3.05) is 39.9 Å². The lowest BCUT2D eigenvalue weighted by Gasteiger charge is -2.33. The van der Waals surface area contributed by atoms with Crippen LogP contribution in [0.15, 0.2) is 0 Å². The Bertz CT molecular complexity index is 353. The van der Waals surface area contributed by atoms with E-state index in [2.05, 4.69) is 10.6 Å². The monoisotopic (exact) mass is 299 g/mol. The Balaban J connectivity index is 2.35. The van der Waals surface area contributed by atoms with Crippen LogP contribution in [0.3, 0.4) is 0 Å². The number of rotatable bonds is 5. The number of hydrogen-bond acceptors (Lipinski definition) is 3. The molecular weight excluding hydrogens is 270 g/mol. The Morgan fingerprint density at radius 3 is 2.62 bits per heavy atom. The van der Waals surface area contributed by atoms with Gasteiger partial charge in [-0.15, -0.1) is 0 Å². The third-order valence-electron chi connectivity index (χ3n) is 3.62. The van der Waals surface area contributed by atoms with Crippen molar-refractivity contribution < 1.29 is 14.3 Å². The van der Waals surface area contributed by atoms with Crippen molar-refractivity contribution in [2.45, 2.75) is 33.6 Å². The fourth-order valence-corrected chi connectivity index (χ4v) is 2.29. The number of carbonyl (C=O) groups is 2. The molecule has 0 bridgehead atoms. The van der Waals surface area contributed by atoms with Crippen LogP contribution in [-0.4, -0.2) is 56.7 Å². The summed E-state index contributed by atoms with van der Waals surface area (Å²) < 4.78 is 4.92. The molecule has 0 aromatic rings. The highest BCUT2D eigenvalue weighted by molar-refractivity contribution is 5.81. The molecule has 0 spiro atoms. The van der Waals surface area contributed by atoms with Crippen LogP contribution in [0.1, 0.15) is 33.6 Å². The lowest BCUT2D eigenvalue weighted by atomic mass is 9.94. The maximum atomic E-state index is 12.0. The van der Waals surface area contributed by atoms with Crippen LogP contribution >= 0.6 is 0 Å². The molecule has 6 nitrogen and oxygen atoms in total. The Morgan fingerprint density at radius 1 is 1.29 bits per heavy atom. The van der Waals surface area contributed by atoms with Gasteiger partial charge in [-0.1, -0.05) is 20.8 Å². The second-order valence-corrected chi connectivity index (χ2v) is 6.64. The molecule has 1 saturated heterocycles. The molecule has 122 valence electrons. The smallest absolute Gasteiger partial charge is 0.317 e. The Kier molecular flexibility index (Phi) is 6.95. The van der Waals surface area contributed by atoms with Crippen molar-refractivity contribution in [1.82, 2.24) is 15.5 Å². The number of urea groups is 1. The summed E-state index contributed by atoms with van der Waals surface area (Å²) in [6.07, 6.45) is 2.03. The van der Waals surface area contributed by atoms with Gasteiger partial charge in [0.1, 0.15) is 0 Å². The summed E-state index contributed by atoms with van der Waals surface area (Å²) in [5.74, 6) is 0.391. The van der Waals surface area contributed by atoms with E-state index < -0.39 is 0 Å². The molecule has 0 unspecified atom stereocenters. The molecule has 0 saturated carbocycles. The van der Waals surface area contributed by atoms with Gasteiger partial charge in [0.05, 0.1) is 6.61 Å². The normalized spacial score (nSPS) is 19.2. The minimum atomic E-state index is -0.369. The second kappa shape index (κ2) is 8.22. The van der Waals surface area contributed by atoms with Crippen LogP contribution in [0.25, 0.3) is 0 Å². The molecule has 1 heterocycles. The summed E-state index contributed by atoms with van der Waals surface area (Å²) in [6, 6.07) is -0.0427. The largest absolute Gasteiger partial charge is 0.383 e. The summed E-state index contributed by atoms with van der Waals surface area (Å²) in [5, 5.41) is 5.82. The molecule has 0 aromatic heterocycles. The van der Waals surface area contributed by atoms with Crippen LogP contribution in [0.4, 0.5) is 4.79 Å².